The molecule has 7 heteroatoms. The summed E-state index contributed by atoms with van der Waals surface area (Å²) in [7, 11) is 1.69. The molecule has 0 aliphatic heterocycles. The minimum Gasteiger partial charge on any atom is -0.478 e. The van der Waals surface area contributed by atoms with Crippen LogP contribution in [0, 0.1) is 0 Å². The van der Waals surface area contributed by atoms with Crippen molar-refractivity contribution < 1.29 is 19.2 Å². The molecule has 0 saturated heterocycles. The van der Waals surface area contributed by atoms with Crippen molar-refractivity contribution in [1.82, 2.24) is 15.4 Å². The first-order chi connectivity index (χ1) is 11.0. The maximum atomic E-state index is 12.1. The lowest BCUT2D eigenvalue weighted by atomic mass is 10.1. The van der Waals surface area contributed by atoms with Crippen LogP contribution >= 0.6 is 0 Å². The van der Waals surface area contributed by atoms with E-state index >= 15 is 0 Å². The van der Waals surface area contributed by atoms with E-state index in [1.807, 2.05) is 6.92 Å². The van der Waals surface area contributed by atoms with Crippen molar-refractivity contribution in [3.05, 3.63) is 52.9 Å². The van der Waals surface area contributed by atoms with Gasteiger partial charge in [-0.3, -0.25) is 0 Å². The third kappa shape index (κ3) is 4.32. The molecule has 2 aromatic rings. The normalized spacial score (nSPS) is 10.3. The fourth-order valence-corrected chi connectivity index (χ4v) is 2.11. The van der Waals surface area contributed by atoms with Crippen molar-refractivity contribution in [1.29, 1.82) is 0 Å². The number of aromatic carboxylic acids is 1. The molecule has 2 N–H and O–H groups in total. The highest BCUT2D eigenvalue weighted by atomic mass is 16.5. The number of urea groups is 1. The first kappa shape index (κ1) is 16.5. The molecule has 122 valence electrons. The lowest BCUT2D eigenvalue weighted by Gasteiger charge is -2.17. The molecule has 0 unspecified atom stereocenters. The van der Waals surface area contributed by atoms with Crippen LogP contribution in [0.25, 0.3) is 0 Å². The number of aryl methyl sites for hydroxylation is 1. The number of nitrogens with one attached hydrogen (secondary N) is 1. The minimum absolute atomic E-state index is 0.219. The molecule has 0 radical (unpaired) electrons. The van der Waals surface area contributed by atoms with Crippen LogP contribution in [0.4, 0.5) is 4.79 Å². The second kappa shape index (κ2) is 7.44. The summed E-state index contributed by atoms with van der Waals surface area (Å²) in [6.45, 7) is 2.71. The second-order valence-electron chi connectivity index (χ2n) is 5.16. The van der Waals surface area contributed by atoms with Crippen molar-refractivity contribution >= 4 is 12.0 Å². The number of carboxylic acid groups (broad SMARTS) is 1. The van der Waals surface area contributed by atoms with Gasteiger partial charge in [0.2, 0.25) is 0 Å². The van der Waals surface area contributed by atoms with Gasteiger partial charge in [0.1, 0.15) is 6.26 Å². The average molecular weight is 317 g/mol. The molecule has 0 bridgehead atoms. The Morgan fingerprint density at radius 1 is 1.30 bits per heavy atom. The van der Waals surface area contributed by atoms with Crippen LogP contribution in [-0.2, 0) is 19.5 Å². The van der Waals surface area contributed by atoms with Crippen LogP contribution in [0.5, 0.6) is 0 Å². The SMILES string of the molecule is CCc1nocc1CN(C)C(=O)NCc1ccc(C(=O)O)cc1. The van der Waals surface area contributed by atoms with Crippen molar-refractivity contribution in [2.75, 3.05) is 7.05 Å². The molecule has 7 nitrogen and oxygen atoms in total. The Morgan fingerprint density at radius 2 is 2.00 bits per heavy atom. The van der Waals surface area contributed by atoms with E-state index in [0.717, 1.165) is 23.2 Å². The number of aromatic nitrogens is 1. The summed E-state index contributed by atoms with van der Waals surface area (Å²) in [6.07, 6.45) is 2.30. The zero-order valence-electron chi connectivity index (χ0n) is 13.1. The summed E-state index contributed by atoms with van der Waals surface area (Å²) in [5, 5.41) is 15.5. The zero-order valence-corrected chi connectivity index (χ0v) is 13.1. The fourth-order valence-electron chi connectivity index (χ4n) is 2.11. The highest BCUT2D eigenvalue weighted by Crippen LogP contribution is 2.10. The van der Waals surface area contributed by atoms with Gasteiger partial charge < -0.3 is 19.8 Å². The second-order valence-corrected chi connectivity index (χ2v) is 5.16. The third-order valence-electron chi connectivity index (χ3n) is 3.46. The van der Waals surface area contributed by atoms with Gasteiger partial charge in [0.15, 0.2) is 0 Å². The Balaban J connectivity index is 1.87. The molecular weight excluding hydrogens is 298 g/mol. The molecule has 0 aliphatic carbocycles. The minimum atomic E-state index is -0.972. The number of carbonyl (C=O) groups is 2. The topological polar surface area (TPSA) is 95.7 Å². The highest BCUT2D eigenvalue weighted by Gasteiger charge is 2.13. The van der Waals surface area contributed by atoms with E-state index in [0.29, 0.717) is 13.1 Å². The van der Waals surface area contributed by atoms with Gasteiger partial charge in [-0.15, -0.1) is 0 Å². The van der Waals surface area contributed by atoms with Gasteiger partial charge in [-0.05, 0) is 24.1 Å². The van der Waals surface area contributed by atoms with Crippen LogP contribution in [-0.4, -0.2) is 34.2 Å². The smallest absolute Gasteiger partial charge is 0.335 e. The Bertz CT molecular complexity index is 679. The van der Waals surface area contributed by atoms with Crippen molar-refractivity contribution in [3.63, 3.8) is 0 Å². The first-order valence-corrected chi connectivity index (χ1v) is 7.24. The first-order valence-electron chi connectivity index (χ1n) is 7.24. The Kier molecular flexibility index (Phi) is 5.35. The monoisotopic (exact) mass is 317 g/mol. The van der Waals surface area contributed by atoms with Crippen molar-refractivity contribution in [3.8, 4) is 0 Å². The molecular formula is C16H19N3O4. The average Bonchev–Trinajstić information content (AvgIpc) is 3.00. The van der Waals surface area contributed by atoms with Gasteiger partial charge in [-0.1, -0.05) is 24.2 Å². The maximum absolute atomic E-state index is 12.1. The number of nitrogens with zero attached hydrogens (tertiary/aromatic N) is 2. The quantitative estimate of drug-likeness (QED) is 0.852. The number of benzene rings is 1. The van der Waals surface area contributed by atoms with E-state index in [9.17, 15) is 9.59 Å². The number of carboxylic acids is 1. The summed E-state index contributed by atoms with van der Waals surface area (Å²) in [5.41, 5.74) is 2.78. The molecule has 0 saturated carbocycles. The van der Waals surface area contributed by atoms with Gasteiger partial charge in [-0.25, -0.2) is 9.59 Å². The van der Waals surface area contributed by atoms with E-state index in [2.05, 4.69) is 10.5 Å². The summed E-state index contributed by atoms with van der Waals surface area (Å²) in [5.74, 6) is -0.972. The number of rotatable bonds is 6. The standard InChI is InChI=1S/C16H19N3O4/c1-3-14-13(10-23-18-14)9-19(2)16(22)17-8-11-4-6-12(7-5-11)15(20)21/h4-7,10H,3,8-9H2,1-2H3,(H,17,22)(H,20,21). The molecule has 0 spiro atoms. The summed E-state index contributed by atoms with van der Waals surface area (Å²) < 4.78 is 4.92. The molecule has 1 aromatic carbocycles. The van der Waals surface area contributed by atoms with E-state index in [-0.39, 0.29) is 11.6 Å². The molecule has 2 amide bonds. The van der Waals surface area contributed by atoms with E-state index in [1.165, 1.54) is 17.0 Å². The van der Waals surface area contributed by atoms with Gasteiger partial charge in [0.25, 0.3) is 0 Å². The Hall–Kier alpha value is -2.83. The van der Waals surface area contributed by atoms with Gasteiger partial charge >= 0.3 is 12.0 Å². The predicted molar refractivity (Wildman–Crippen MR) is 83.0 cm³/mol. The van der Waals surface area contributed by atoms with Gasteiger partial charge in [0.05, 0.1) is 17.8 Å². The van der Waals surface area contributed by atoms with Crippen LogP contribution in [0.15, 0.2) is 35.1 Å². The molecule has 1 aromatic heterocycles. The van der Waals surface area contributed by atoms with Crippen LogP contribution < -0.4 is 5.32 Å². The number of amides is 2. The Labute approximate surface area is 133 Å². The molecule has 1 heterocycles. The molecule has 0 fully saturated rings. The summed E-state index contributed by atoms with van der Waals surface area (Å²) in [6, 6.07) is 6.16. The molecule has 23 heavy (non-hydrogen) atoms. The van der Waals surface area contributed by atoms with E-state index < -0.39 is 5.97 Å². The predicted octanol–water partition coefficient (Wildman–Crippen LogP) is 2.28. The van der Waals surface area contributed by atoms with E-state index in [1.54, 1.807) is 25.4 Å². The molecule has 2 rings (SSSR count). The fraction of sp³-hybridized carbons (Fsp3) is 0.312. The summed E-state index contributed by atoms with van der Waals surface area (Å²) >= 11 is 0. The maximum Gasteiger partial charge on any atom is 0.335 e. The van der Waals surface area contributed by atoms with Gasteiger partial charge in [-0.2, -0.15) is 0 Å². The van der Waals surface area contributed by atoms with Crippen molar-refractivity contribution in [2.24, 2.45) is 0 Å². The Morgan fingerprint density at radius 3 is 2.61 bits per heavy atom. The van der Waals surface area contributed by atoms with E-state index in [4.69, 9.17) is 9.63 Å². The van der Waals surface area contributed by atoms with Gasteiger partial charge in [0, 0.05) is 19.2 Å². The largest absolute Gasteiger partial charge is 0.478 e. The lowest BCUT2D eigenvalue weighted by molar-refractivity contribution is 0.0697. The zero-order chi connectivity index (χ0) is 16.8. The van der Waals surface area contributed by atoms with Crippen LogP contribution in [0.2, 0.25) is 0 Å². The number of hydrogen-bond donors (Lipinski definition) is 2. The van der Waals surface area contributed by atoms with Crippen molar-refractivity contribution in [2.45, 2.75) is 26.4 Å². The number of carbonyl (C=O) groups excluding carboxylic acids is 1. The number of hydrogen-bond acceptors (Lipinski definition) is 4. The molecule has 0 aliphatic rings. The summed E-state index contributed by atoms with van der Waals surface area (Å²) in [4.78, 5) is 24.4. The van der Waals surface area contributed by atoms with Crippen LogP contribution in [0.1, 0.15) is 34.1 Å². The van der Waals surface area contributed by atoms with Crippen LogP contribution in [0.3, 0.4) is 0 Å². The third-order valence-corrected chi connectivity index (χ3v) is 3.46. The lowest BCUT2D eigenvalue weighted by Crippen LogP contribution is -2.36. The highest BCUT2D eigenvalue weighted by molar-refractivity contribution is 5.87. The molecule has 0 atom stereocenters.